The van der Waals surface area contributed by atoms with Gasteiger partial charge < -0.3 is 4.90 Å². The van der Waals surface area contributed by atoms with E-state index in [2.05, 4.69) is 19.2 Å². The van der Waals surface area contributed by atoms with Crippen molar-refractivity contribution in [3.63, 3.8) is 0 Å². The van der Waals surface area contributed by atoms with Gasteiger partial charge in [-0.05, 0) is 25.8 Å². The van der Waals surface area contributed by atoms with Crippen LogP contribution in [0.2, 0.25) is 0 Å². The topological polar surface area (TPSA) is 32.3 Å². The summed E-state index contributed by atoms with van der Waals surface area (Å²) in [5, 5.41) is 3.29. The summed E-state index contributed by atoms with van der Waals surface area (Å²) in [6.45, 7) is 6.18. The predicted molar refractivity (Wildman–Crippen MR) is 82.2 cm³/mol. The van der Waals surface area contributed by atoms with Crippen LogP contribution in [0.5, 0.6) is 0 Å². The lowest BCUT2D eigenvalue weighted by Gasteiger charge is -2.31. The van der Waals surface area contributed by atoms with Crippen molar-refractivity contribution in [3.8, 4) is 0 Å². The predicted octanol–water partition coefficient (Wildman–Crippen LogP) is 3.61. The molecule has 21 heavy (non-hydrogen) atoms. The molecule has 0 radical (unpaired) electrons. The summed E-state index contributed by atoms with van der Waals surface area (Å²) in [6.07, 6.45) is 3.50. The Balaban J connectivity index is 2.28. The van der Waals surface area contributed by atoms with E-state index in [4.69, 9.17) is 0 Å². The van der Waals surface area contributed by atoms with Gasteiger partial charge in [0.2, 0.25) is 5.91 Å². The molecule has 0 spiro atoms. The third kappa shape index (κ3) is 3.26. The minimum absolute atomic E-state index is 0.0920. The van der Waals surface area contributed by atoms with Crippen LogP contribution in [-0.2, 0) is 4.79 Å². The highest BCUT2D eigenvalue weighted by atomic mass is 19.1. The molecule has 1 aliphatic rings. The molecule has 1 N–H and O–H groups in total. The van der Waals surface area contributed by atoms with Gasteiger partial charge in [0.1, 0.15) is 12.0 Å². The molecule has 3 atom stereocenters. The zero-order valence-corrected chi connectivity index (χ0v) is 13.1. The fraction of sp³-hybridized carbons (Fsp3) is 0.588. The second kappa shape index (κ2) is 7.03. The minimum atomic E-state index is -0.351. The molecule has 3 unspecified atom stereocenters. The van der Waals surface area contributed by atoms with Crippen LogP contribution in [0.15, 0.2) is 24.3 Å². The van der Waals surface area contributed by atoms with Gasteiger partial charge >= 0.3 is 0 Å². The number of benzene rings is 1. The van der Waals surface area contributed by atoms with Gasteiger partial charge in [-0.3, -0.25) is 10.1 Å². The molecule has 1 aromatic rings. The van der Waals surface area contributed by atoms with Crippen molar-refractivity contribution in [2.24, 2.45) is 0 Å². The molecule has 116 valence electrons. The van der Waals surface area contributed by atoms with Gasteiger partial charge in [-0.15, -0.1) is 0 Å². The molecule has 3 nitrogen and oxygen atoms in total. The van der Waals surface area contributed by atoms with E-state index in [1.165, 1.54) is 6.07 Å². The average Bonchev–Trinajstić information content (AvgIpc) is 2.82. The largest absolute Gasteiger partial charge is 0.319 e. The summed E-state index contributed by atoms with van der Waals surface area (Å²) >= 11 is 0. The van der Waals surface area contributed by atoms with Gasteiger partial charge in [0, 0.05) is 11.6 Å². The minimum Gasteiger partial charge on any atom is -0.319 e. The number of carbonyl (C=O) groups excluding carboxylic acids is 1. The number of carbonyl (C=O) groups is 1. The third-order valence-corrected chi connectivity index (χ3v) is 4.25. The van der Waals surface area contributed by atoms with E-state index < -0.39 is 0 Å². The number of rotatable bonds is 6. The first-order valence-electron chi connectivity index (χ1n) is 7.92. The van der Waals surface area contributed by atoms with Crippen LogP contribution in [0.1, 0.15) is 58.2 Å². The van der Waals surface area contributed by atoms with E-state index in [0.717, 1.165) is 25.7 Å². The smallest absolute Gasteiger partial charge is 0.241 e. The van der Waals surface area contributed by atoms with Crippen LogP contribution in [0.25, 0.3) is 0 Å². The van der Waals surface area contributed by atoms with Crippen LogP contribution in [-0.4, -0.2) is 22.9 Å². The normalized spacial score (nSPS) is 23.6. The highest BCUT2D eigenvalue weighted by Crippen LogP contribution is 2.31. The fourth-order valence-corrected chi connectivity index (χ4v) is 2.99. The Hall–Kier alpha value is -1.42. The molecule has 0 saturated carbocycles. The number of hydrogen-bond donors (Lipinski definition) is 1. The quantitative estimate of drug-likeness (QED) is 0.868. The maximum atomic E-state index is 14.1. The lowest BCUT2D eigenvalue weighted by atomic mass is 10.1. The second-order valence-corrected chi connectivity index (χ2v) is 5.79. The zero-order chi connectivity index (χ0) is 15.4. The molecule has 4 heteroatoms. The second-order valence-electron chi connectivity index (χ2n) is 5.79. The first-order valence-corrected chi connectivity index (χ1v) is 7.92. The van der Waals surface area contributed by atoms with Gasteiger partial charge in [0.15, 0.2) is 0 Å². The van der Waals surface area contributed by atoms with Gasteiger partial charge in [0.25, 0.3) is 0 Å². The Morgan fingerprint density at radius 3 is 2.67 bits per heavy atom. The number of halogens is 1. The highest BCUT2D eigenvalue weighted by molar-refractivity contribution is 5.84. The molecule has 0 aliphatic carbocycles. The molecule has 1 saturated heterocycles. The van der Waals surface area contributed by atoms with Crippen LogP contribution >= 0.6 is 0 Å². The van der Waals surface area contributed by atoms with E-state index in [0.29, 0.717) is 5.56 Å². The van der Waals surface area contributed by atoms with Crippen molar-refractivity contribution in [1.82, 2.24) is 10.2 Å². The SMILES string of the molecule is CCCCC(C)N1C(=O)C(CC)NC1c1ccccc1F. The molecule has 1 fully saturated rings. The summed E-state index contributed by atoms with van der Waals surface area (Å²) in [7, 11) is 0. The van der Waals surface area contributed by atoms with E-state index >= 15 is 0 Å². The number of hydrogen-bond acceptors (Lipinski definition) is 2. The summed E-state index contributed by atoms with van der Waals surface area (Å²) in [5.41, 5.74) is 0.560. The Kier molecular flexibility index (Phi) is 5.34. The molecule has 0 bridgehead atoms. The molecular formula is C17H25FN2O. The van der Waals surface area contributed by atoms with Crippen LogP contribution in [0.3, 0.4) is 0 Å². The van der Waals surface area contributed by atoms with Gasteiger partial charge in [-0.2, -0.15) is 0 Å². The monoisotopic (exact) mass is 292 g/mol. The molecule has 1 aromatic carbocycles. The van der Waals surface area contributed by atoms with Gasteiger partial charge in [-0.1, -0.05) is 44.9 Å². The van der Waals surface area contributed by atoms with Crippen LogP contribution in [0.4, 0.5) is 4.39 Å². The highest BCUT2D eigenvalue weighted by Gasteiger charge is 2.41. The Bertz CT molecular complexity index is 491. The zero-order valence-electron chi connectivity index (χ0n) is 13.1. The standard InChI is InChI=1S/C17H25FN2O/c1-4-6-9-12(3)20-16(19-15(5-2)17(20)21)13-10-7-8-11-14(13)18/h7-8,10-12,15-16,19H,4-6,9H2,1-3H3. The Morgan fingerprint density at radius 1 is 1.33 bits per heavy atom. The number of nitrogens with one attached hydrogen (secondary N) is 1. The molecule has 1 heterocycles. The Morgan fingerprint density at radius 2 is 2.05 bits per heavy atom. The van der Waals surface area contributed by atoms with E-state index in [1.54, 1.807) is 12.1 Å². The molecule has 1 amide bonds. The van der Waals surface area contributed by atoms with Gasteiger partial charge in [0.05, 0.1) is 6.04 Å². The van der Waals surface area contributed by atoms with Crippen molar-refractivity contribution in [1.29, 1.82) is 0 Å². The fourth-order valence-electron chi connectivity index (χ4n) is 2.99. The Labute approximate surface area is 126 Å². The summed E-state index contributed by atoms with van der Waals surface area (Å²) in [5.74, 6) is -0.165. The van der Waals surface area contributed by atoms with E-state index in [9.17, 15) is 9.18 Å². The molecule has 2 rings (SSSR count). The molecular weight excluding hydrogens is 267 g/mol. The third-order valence-electron chi connectivity index (χ3n) is 4.25. The van der Waals surface area contributed by atoms with E-state index in [1.807, 2.05) is 17.9 Å². The maximum Gasteiger partial charge on any atom is 0.241 e. The lowest BCUT2D eigenvalue weighted by molar-refractivity contribution is -0.132. The van der Waals surface area contributed by atoms with E-state index in [-0.39, 0.29) is 30.0 Å². The summed E-state index contributed by atoms with van der Waals surface area (Å²) in [6, 6.07) is 6.62. The first-order chi connectivity index (χ1) is 10.1. The molecule has 1 aliphatic heterocycles. The summed E-state index contributed by atoms with van der Waals surface area (Å²) in [4.78, 5) is 14.4. The lowest BCUT2D eigenvalue weighted by Crippen LogP contribution is -2.38. The van der Waals surface area contributed by atoms with Crippen LogP contribution < -0.4 is 5.32 Å². The van der Waals surface area contributed by atoms with Gasteiger partial charge in [-0.25, -0.2) is 4.39 Å². The van der Waals surface area contributed by atoms with Crippen molar-refractivity contribution in [3.05, 3.63) is 35.6 Å². The van der Waals surface area contributed by atoms with Crippen LogP contribution in [0, 0.1) is 5.82 Å². The number of amides is 1. The van der Waals surface area contributed by atoms with Crippen molar-refractivity contribution in [2.45, 2.75) is 64.7 Å². The summed E-state index contributed by atoms with van der Waals surface area (Å²) < 4.78 is 14.1. The average molecular weight is 292 g/mol. The maximum absolute atomic E-state index is 14.1. The van der Waals surface area contributed by atoms with Crippen molar-refractivity contribution >= 4 is 5.91 Å². The number of unbranched alkanes of at least 4 members (excludes halogenated alkanes) is 1. The molecule has 0 aromatic heterocycles. The number of nitrogens with zero attached hydrogens (tertiary/aromatic N) is 1. The first kappa shape index (κ1) is 16.0. The van der Waals surface area contributed by atoms with Crippen molar-refractivity contribution in [2.75, 3.05) is 0 Å². The van der Waals surface area contributed by atoms with Crippen molar-refractivity contribution < 1.29 is 9.18 Å².